The van der Waals surface area contributed by atoms with E-state index in [0.717, 1.165) is 12.8 Å². The van der Waals surface area contributed by atoms with Crippen LogP contribution in [0.5, 0.6) is 0 Å². The van der Waals surface area contributed by atoms with E-state index >= 15 is 0 Å². The number of rotatable bonds is 4. The minimum atomic E-state index is -2.23. The maximum atomic E-state index is 10.5. The van der Waals surface area contributed by atoms with E-state index in [-0.39, 0.29) is 18.5 Å². The Kier molecular flexibility index (Phi) is 3.14. The summed E-state index contributed by atoms with van der Waals surface area (Å²) in [4.78, 5) is 21.0. The molecule has 19 heavy (non-hydrogen) atoms. The van der Waals surface area contributed by atoms with Gasteiger partial charge in [0.15, 0.2) is 11.5 Å². The number of imidazole rings is 1. The molecule has 1 saturated carbocycles. The number of hydrogen-bond donors (Lipinski definition) is 2. The average Bonchev–Trinajstić information content (AvgIpc) is 2.72. The lowest BCUT2D eigenvalue weighted by Gasteiger charge is -2.34. The molecule has 0 spiro atoms. The first kappa shape index (κ1) is 12.4. The average molecular weight is 282 g/mol. The lowest BCUT2D eigenvalue weighted by Crippen LogP contribution is -2.33. The van der Waals surface area contributed by atoms with E-state index in [1.807, 2.05) is 4.57 Å². The van der Waals surface area contributed by atoms with Gasteiger partial charge in [0.2, 0.25) is 0 Å². The minimum Gasteiger partial charge on any atom is -0.382 e. The van der Waals surface area contributed by atoms with Crippen LogP contribution in [0.1, 0.15) is 18.9 Å². The second-order valence-electron chi connectivity index (χ2n) is 4.48. The Hall–Kier alpha value is -1.63. The van der Waals surface area contributed by atoms with Crippen molar-refractivity contribution in [2.45, 2.75) is 25.0 Å². The molecule has 1 unspecified atom stereocenters. The highest BCUT2D eigenvalue weighted by atomic mass is 31.1. The van der Waals surface area contributed by atoms with Gasteiger partial charge in [-0.3, -0.25) is 0 Å². The van der Waals surface area contributed by atoms with Gasteiger partial charge in [-0.1, -0.05) is 0 Å². The van der Waals surface area contributed by atoms with Crippen LogP contribution in [-0.4, -0.2) is 36.9 Å². The van der Waals surface area contributed by atoms with Gasteiger partial charge in [0.1, 0.15) is 11.8 Å². The smallest absolute Gasteiger partial charge is 0.382 e. The van der Waals surface area contributed by atoms with Gasteiger partial charge in [-0.15, -0.1) is 0 Å². The summed E-state index contributed by atoms with van der Waals surface area (Å²) in [6.07, 6.45) is 4.58. The molecule has 2 heterocycles. The van der Waals surface area contributed by atoms with Crippen LogP contribution in [0.25, 0.3) is 11.2 Å². The van der Waals surface area contributed by atoms with Crippen molar-refractivity contribution in [2.75, 3.05) is 12.1 Å². The van der Waals surface area contributed by atoms with Crippen molar-refractivity contribution in [2.24, 2.45) is 0 Å². The monoisotopic (exact) mass is 282 g/mol. The van der Waals surface area contributed by atoms with Crippen LogP contribution in [0.3, 0.4) is 0 Å². The van der Waals surface area contributed by atoms with E-state index in [4.69, 9.17) is 15.4 Å². The summed E-state index contributed by atoms with van der Waals surface area (Å²) in [5.41, 5.74) is 7.04. The number of ether oxygens (including phenoxy) is 1. The summed E-state index contributed by atoms with van der Waals surface area (Å²) in [6, 6.07) is 0.237. The molecule has 0 aliphatic heterocycles. The van der Waals surface area contributed by atoms with Gasteiger partial charge in [0, 0.05) is 6.04 Å². The Morgan fingerprint density at radius 3 is 3.00 bits per heavy atom. The molecular weight excluding hydrogens is 269 g/mol. The molecule has 0 amide bonds. The van der Waals surface area contributed by atoms with Gasteiger partial charge in [0.05, 0.1) is 12.4 Å². The summed E-state index contributed by atoms with van der Waals surface area (Å²) in [6.45, 7) is 0. The molecule has 2 aromatic heterocycles. The van der Waals surface area contributed by atoms with E-state index in [2.05, 4.69) is 15.0 Å². The summed E-state index contributed by atoms with van der Waals surface area (Å²) in [7, 11) is -2.23. The molecule has 100 valence electrons. The SMILES string of the molecule is Nc1ncnc2c1ncn2C1CC(OC[P+](=O)O)C1. The largest absolute Gasteiger partial charge is 0.534 e. The van der Waals surface area contributed by atoms with Gasteiger partial charge in [-0.2, -0.15) is 4.89 Å². The van der Waals surface area contributed by atoms with Crippen LogP contribution in [0.4, 0.5) is 5.82 Å². The standard InChI is InChI=1S/C10H12N5O3P/c11-9-8-10(13-3-12-9)15(4-14-8)6-1-7(2-6)18-5-19(16)17/h3-4,6-7H,1-2,5H2,(H2-,11,12,13,16,17)/p+1. The normalized spacial score (nSPS) is 23.3. The quantitative estimate of drug-likeness (QED) is 0.797. The lowest BCUT2D eigenvalue weighted by molar-refractivity contribution is -0.00491. The summed E-state index contributed by atoms with van der Waals surface area (Å²) >= 11 is 0. The van der Waals surface area contributed by atoms with Gasteiger partial charge in [0.25, 0.3) is 6.35 Å². The Bertz CT molecular complexity index is 625. The zero-order chi connectivity index (χ0) is 13.4. The molecule has 1 fully saturated rings. The first-order valence-electron chi connectivity index (χ1n) is 5.83. The van der Waals surface area contributed by atoms with Gasteiger partial charge in [-0.05, 0) is 17.4 Å². The Labute approximate surface area is 109 Å². The predicted molar refractivity (Wildman–Crippen MR) is 67.6 cm³/mol. The molecule has 1 aliphatic rings. The molecule has 1 atom stereocenters. The fraction of sp³-hybridized carbons (Fsp3) is 0.500. The fourth-order valence-corrected chi connectivity index (χ4v) is 2.55. The van der Waals surface area contributed by atoms with Gasteiger partial charge in [-0.25, -0.2) is 15.0 Å². The van der Waals surface area contributed by atoms with E-state index < -0.39 is 8.03 Å². The number of nitrogens with two attached hydrogens (primary N) is 1. The van der Waals surface area contributed by atoms with Crippen molar-refractivity contribution in [3.05, 3.63) is 12.7 Å². The first-order valence-corrected chi connectivity index (χ1v) is 7.23. The molecule has 3 rings (SSSR count). The number of nitrogens with zero attached hydrogens (tertiary/aromatic N) is 4. The van der Waals surface area contributed by atoms with Crippen LogP contribution >= 0.6 is 8.03 Å². The Morgan fingerprint density at radius 1 is 1.47 bits per heavy atom. The molecule has 0 saturated heterocycles. The van der Waals surface area contributed by atoms with Gasteiger partial charge >= 0.3 is 8.03 Å². The highest BCUT2D eigenvalue weighted by Gasteiger charge is 2.34. The molecular formula is C10H13N5O3P+. The van der Waals surface area contributed by atoms with Crippen molar-refractivity contribution < 1.29 is 14.2 Å². The second kappa shape index (κ2) is 4.80. The third-order valence-electron chi connectivity index (χ3n) is 3.27. The molecule has 3 N–H and O–H groups in total. The van der Waals surface area contributed by atoms with Crippen molar-refractivity contribution in [1.82, 2.24) is 19.5 Å². The Morgan fingerprint density at radius 2 is 2.26 bits per heavy atom. The van der Waals surface area contributed by atoms with E-state index in [1.54, 1.807) is 6.33 Å². The maximum Gasteiger partial charge on any atom is 0.534 e. The summed E-state index contributed by atoms with van der Waals surface area (Å²) < 4.78 is 17.8. The Balaban J connectivity index is 1.70. The molecule has 2 aromatic rings. The maximum absolute atomic E-state index is 10.5. The second-order valence-corrected chi connectivity index (χ2v) is 5.44. The molecule has 8 nitrogen and oxygen atoms in total. The molecule has 0 radical (unpaired) electrons. The fourth-order valence-electron chi connectivity index (χ4n) is 2.21. The zero-order valence-corrected chi connectivity index (χ0v) is 10.9. The topological polar surface area (TPSA) is 116 Å². The van der Waals surface area contributed by atoms with Crippen LogP contribution in [0.2, 0.25) is 0 Å². The van der Waals surface area contributed by atoms with Crippen molar-refractivity contribution >= 4 is 25.0 Å². The van der Waals surface area contributed by atoms with Crippen molar-refractivity contribution in [3.8, 4) is 0 Å². The summed E-state index contributed by atoms with van der Waals surface area (Å²) in [5.74, 6) is 0.369. The van der Waals surface area contributed by atoms with E-state index in [1.165, 1.54) is 6.33 Å². The third-order valence-corrected chi connectivity index (χ3v) is 3.64. The zero-order valence-electron chi connectivity index (χ0n) is 10.0. The molecule has 9 heteroatoms. The van der Waals surface area contributed by atoms with Crippen LogP contribution < -0.4 is 5.73 Å². The first-order chi connectivity index (χ1) is 9.15. The highest BCUT2D eigenvalue weighted by Crippen LogP contribution is 2.37. The predicted octanol–water partition coefficient (Wildman–Crippen LogP) is 0.821. The van der Waals surface area contributed by atoms with Gasteiger partial charge < -0.3 is 15.0 Å². The van der Waals surface area contributed by atoms with Crippen LogP contribution in [-0.2, 0) is 9.30 Å². The lowest BCUT2D eigenvalue weighted by atomic mass is 9.89. The van der Waals surface area contributed by atoms with Crippen LogP contribution in [0.15, 0.2) is 12.7 Å². The number of nitrogen functional groups attached to an aromatic ring is 1. The molecule has 1 aliphatic carbocycles. The van der Waals surface area contributed by atoms with E-state index in [9.17, 15) is 4.57 Å². The summed E-state index contributed by atoms with van der Waals surface area (Å²) in [5, 5.41) is 0. The van der Waals surface area contributed by atoms with Crippen molar-refractivity contribution in [1.29, 1.82) is 0 Å². The minimum absolute atomic E-state index is 0.0211. The third kappa shape index (κ3) is 2.30. The number of anilines is 1. The number of hydrogen-bond acceptors (Lipinski definition) is 6. The highest BCUT2D eigenvalue weighted by molar-refractivity contribution is 7.37. The molecule has 0 bridgehead atoms. The number of aromatic nitrogens is 4. The molecule has 0 aromatic carbocycles. The van der Waals surface area contributed by atoms with Crippen LogP contribution in [0, 0.1) is 0 Å². The van der Waals surface area contributed by atoms with E-state index in [0.29, 0.717) is 17.0 Å². The van der Waals surface area contributed by atoms with Crippen molar-refractivity contribution in [3.63, 3.8) is 0 Å². The number of fused-ring (bicyclic) bond motifs is 1.